The summed E-state index contributed by atoms with van der Waals surface area (Å²) in [4.78, 5) is 22.3. The maximum Gasteiger partial charge on any atom is 0.390 e. The maximum absolute atomic E-state index is 12.1. The summed E-state index contributed by atoms with van der Waals surface area (Å²) in [5, 5.41) is 22.2. The second-order valence-electron chi connectivity index (χ2n) is 5.98. The SMILES string of the molecule is Cc1cc([N+](=O)[O-])nn1CCC(=O)Nc1cnn(Cc2ccc(Cl)cc2)c1. The van der Waals surface area contributed by atoms with Gasteiger partial charge < -0.3 is 15.4 Å². The standard InChI is InChI=1S/C17H17ClN6O3/c1-12-8-16(24(26)27)21-23(12)7-6-17(25)20-15-9-19-22(11-15)10-13-2-4-14(18)5-3-13/h2-5,8-9,11H,6-7,10H2,1H3,(H,20,25). The molecule has 140 valence electrons. The van der Waals surface area contributed by atoms with Gasteiger partial charge in [-0.2, -0.15) is 9.78 Å². The Morgan fingerprint density at radius 1 is 1.33 bits per heavy atom. The van der Waals surface area contributed by atoms with E-state index in [0.29, 0.717) is 22.9 Å². The van der Waals surface area contributed by atoms with E-state index in [4.69, 9.17) is 11.6 Å². The van der Waals surface area contributed by atoms with Gasteiger partial charge in [-0.3, -0.25) is 9.48 Å². The van der Waals surface area contributed by atoms with E-state index in [9.17, 15) is 14.9 Å². The molecule has 3 rings (SSSR count). The van der Waals surface area contributed by atoms with Crippen LogP contribution in [0.3, 0.4) is 0 Å². The summed E-state index contributed by atoms with van der Waals surface area (Å²) < 4.78 is 3.15. The number of hydrogen-bond acceptors (Lipinski definition) is 5. The molecule has 2 aromatic heterocycles. The lowest BCUT2D eigenvalue weighted by molar-refractivity contribution is -0.389. The minimum absolute atomic E-state index is 0.141. The molecule has 0 saturated carbocycles. The van der Waals surface area contributed by atoms with Crippen LogP contribution in [-0.4, -0.2) is 30.4 Å². The van der Waals surface area contributed by atoms with E-state index in [1.165, 1.54) is 10.7 Å². The number of anilines is 1. The van der Waals surface area contributed by atoms with E-state index in [1.807, 2.05) is 24.3 Å². The highest BCUT2D eigenvalue weighted by molar-refractivity contribution is 6.30. The largest absolute Gasteiger partial charge is 0.390 e. The molecule has 0 aliphatic heterocycles. The molecule has 3 aromatic rings. The molecular weight excluding hydrogens is 372 g/mol. The third-order valence-corrected chi connectivity index (χ3v) is 4.13. The van der Waals surface area contributed by atoms with Crippen LogP contribution >= 0.6 is 11.6 Å². The number of carbonyl (C=O) groups excluding carboxylic acids is 1. The fourth-order valence-corrected chi connectivity index (χ4v) is 2.66. The predicted octanol–water partition coefficient (Wildman–Crippen LogP) is 3.03. The molecule has 9 nitrogen and oxygen atoms in total. The number of nitrogens with zero attached hydrogens (tertiary/aromatic N) is 5. The third-order valence-electron chi connectivity index (χ3n) is 3.88. The number of aryl methyl sites for hydroxylation is 2. The van der Waals surface area contributed by atoms with Crippen molar-refractivity contribution < 1.29 is 9.72 Å². The van der Waals surface area contributed by atoms with Crippen molar-refractivity contribution in [2.45, 2.75) is 26.4 Å². The first-order valence-corrected chi connectivity index (χ1v) is 8.54. The van der Waals surface area contributed by atoms with E-state index in [2.05, 4.69) is 15.5 Å². The molecule has 0 unspecified atom stereocenters. The van der Waals surface area contributed by atoms with Crippen LogP contribution in [0.4, 0.5) is 11.5 Å². The average molecular weight is 389 g/mol. The Morgan fingerprint density at radius 2 is 2.07 bits per heavy atom. The van der Waals surface area contributed by atoms with Gasteiger partial charge in [-0.05, 0) is 29.5 Å². The zero-order chi connectivity index (χ0) is 19.4. The van der Waals surface area contributed by atoms with Crippen LogP contribution in [-0.2, 0) is 17.9 Å². The molecule has 1 N–H and O–H groups in total. The summed E-state index contributed by atoms with van der Waals surface area (Å²) in [6.45, 7) is 2.52. The van der Waals surface area contributed by atoms with Crippen molar-refractivity contribution in [2.24, 2.45) is 0 Å². The van der Waals surface area contributed by atoms with Crippen LogP contribution in [0.2, 0.25) is 5.02 Å². The van der Waals surface area contributed by atoms with Crippen molar-refractivity contribution in [3.63, 3.8) is 0 Å². The molecular formula is C17H17ClN6O3. The van der Waals surface area contributed by atoms with E-state index in [0.717, 1.165) is 5.56 Å². The highest BCUT2D eigenvalue weighted by Crippen LogP contribution is 2.13. The summed E-state index contributed by atoms with van der Waals surface area (Å²) in [5.74, 6) is -0.449. The Bertz CT molecular complexity index is 963. The van der Waals surface area contributed by atoms with Gasteiger partial charge in [0.1, 0.15) is 0 Å². The number of nitro groups is 1. The maximum atomic E-state index is 12.1. The molecule has 0 spiro atoms. The van der Waals surface area contributed by atoms with Crippen molar-refractivity contribution in [3.8, 4) is 0 Å². The van der Waals surface area contributed by atoms with Gasteiger partial charge in [-0.15, -0.1) is 0 Å². The Labute approximate surface area is 159 Å². The first-order valence-electron chi connectivity index (χ1n) is 8.16. The summed E-state index contributed by atoms with van der Waals surface area (Å²) in [6.07, 6.45) is 3.44. The van der Waals surface area contributed by atoms with Gasteiger partial charge in [0.25, 0.3) is 0 Å². The number of amides is 1. The number of hydrogen-bond donors (Lipinski definition) is 1. The van der Waals surface area contributed by atoms with E-state index in [-0.39, 0.29) is 24.7 Å². The van der Waals surface area contributed by atoms with Gasteiger partial charge in [0.15, 0.2) is 0 Å². The zero-order valence-corrected chi connectivity index (χ0v) is 15.3. The molecule has 0 atom stereocenters. The summed E-state index contributed by atoms with van der Waals surface area (Å²) in [6, 6.07) is 8.82. The average Bonchev–Trinajstić information content (AvgIpc) is 3.21. The number of rotatable bonds is 7. The van der Waals surface area contributed by atoms with Gasteiger partial charge in [0.05, 0.1) is 41.8 Å². The lowest BCUT2D eigenvalue weighted by Crippen LogP contribution is -2.15. The number of halogens is 1. The molecule has 1 aromatic carbocycles. The number of benzene rings is 1. The van der Waals surface area contributed by atoms with Gasteiger partial charge in [-0.25, -0.2) is 0 Å². The minimum Gasteiger partial charge on any atom is -0.358 e. The molecule has 1 amide bonds. The van der Waals surface area contributed by atoms with Crippen LogP contribution in [0.25, 0.3) is 0 Å². The predicted molar refractivity (Wildman–Crippen MR) is 99.6 cm³/mol. The molecule has 10 heteroatoms. The van der Waals surface area contributed by atoms with Crippen molar-refractivity contribution in [3.05, 3.63) is 69.1 Å². The molecule has 0 aliphatic carbocycles. The monoisotopic (exact) mass is 388 g/mol. The first-order chi connectivity index (χ1) is 12.9. The highest BCUT2D eigenvalue weighted by atomic mass is 35.5. The number of nitrogens with one attached hydrogen (secondary N) is 1. The smallest absolute Gasteiger partial charge is 0.358 e. The fraction of sp³-hybridized carbons (Fsp3) is 0.235. The molecule has 0 saturated heterocycles. The van der Waals surface area contributed by atoms with Crippen LogP contribution in [0.15, 0.2) is 42.7 Å². The first kappa shape index (κ1) is 18.6. The topological polar surface area (TPSA) is 108 Å². The molecule has 0 fully saturated rings. The van der Waals surface area contributed by atoms with E-state index < -0.39 is 4.92 Å². The van der Waals surface area contributed by atoms with Gasteiger partial charge in [0.2, 0.25) is 5.91 Å². The lowest BCUT2D eigenvalue weighted by atomic mass is 10.2. The summed E-state index contributed by atoms with van der Waals surface area (Å²) >= 11 is 5.87. The Kier molecular flexibility index (Phi) is 5.51. The van der Waals surface area contributed by atoms with Crippen molar-refractivity contribution in [2.75, 3.05) is 5.32 Å². The molecule has 2 heterocycles. The second-order valence-corrected chi connectivity index (χ2v) is 6.41. The molecule has 0 aliphatic rings. The van der Waals surface area contributed by atoms with E-state index >= 15 is 0 Å². The van der Waals surface area contributed by atoms with Gasteiger partial charge in [0, 0.05) is 17.6 Å². The Balaban J connectivity index is 1.53. The van der Waals surface area contributed by atoms with Crippen LogP contribution in [0.5, 0.6) is 0 Å². The molecule has 27 heavy (non-hydrogen) atoms. The van der Waals surface area contributed by atoms with Gasteiger partial charge in [-0.1, -0.05) is 23.7 Å². The van der Waals surface area contributed by atoms with Crippen LogP contribution < -0.4 is 5.32 Å². The summed E-state index contributed by atoms with van der Waals surface area (Å²) in [7, 11) is 0. The van der Waals surface area contributed by atoms with E-state index in [1.54, 1.807) is 24.0 Å². The second kappa shape index (κ2) is 8.00. The van der Waals surface area contributed by atoms with Gasteiger partial charge >= 0.3 is 5.82 Å². The van der Waals surface area contributed by atoms with Crippen molar-refractivity contribution in [1.29, 1.82) is 0 Å². The fourth-order valence-electron chi connectivity index (χ4n) is 2.53. The molecule has 0 bridgehead atoms. The summed E-state index contributed by atoms with van der Waals surface area (Å²) in [5.41, 5.74) is 2.25. The van der Waals surface area contributed by atoms with Crippen LogP contribution in [0.1, 0.15) is 17.7 Å². The Hall–Kier alpha value is -3.20. The highest BCUT2D eigenvalue weighted by Gasteiger charge is 2.16. The van der Waals surface area contributed by atoms with Crippen molar-refractivity contribution in [1.82, 2.24) is 19.6 Å². The number of carbonyl (C=O) groups is 1. The van der Waals surface area contributed by atoms with Crippen molar-refractivity contribution >= 4 is 29.0 Å². The number of aromatic nitrogens is 4. The lowest BCUT2D eigenvalue weighted by Gasteiger charge is -2.03. The zero-order valence-electron chi connectivity index (χ0n) is 14.5. The minimum atomic E-state index is -0.557. The molecule has 0 radical (unpaired) electrons. The normalized spacial score (nSPS) is 10.7. The third kappa shape index (κ3) is 4.91. The Morgan fingerprint density at radius 3 is 2.74 bits per heavy atom. The van der Waals surface area contributed by atoms with Crippen LogP contribution in [0, 0.1) is 17.0 Å². The quantitative estimate of drug-likeness (QED) is 0.494.